The Kier molecular flexibility index (Phi) is 1.38. The van der Waals surface area contributed by atoms with Gasteiger partial charge in [-0.3, -0.25) is 5.43 Å². The highest BCUT2D eigenvalue weighted by atomic mass is 15.3. The van der Waals surface area contributed by atoms with Gasteiger partial charge in [-0.2, -0.15) is 5.10 Å². The van der Waals surface area contributed by atoms with Crippen molar-refractivity contribution in [1.82, 2.24) is 5.43 Å². The number of nitrogens with one attached hydrogen (secondary N) is 1. The predicted molar refractivity (Wildman–Crippen MR) is 53.2 cm³/mol. The highest BCUT2D eigenvalue weighted by Gasteiger charge is 2.48. The molecule has 3 aliphatic rings. The summed E-state index contributed by atoms with van der Waals surface area (Å²) < 4.78 is 0. The van der Waals surface area contributed by atoms with E-state index >= 15 is 0 Å². The zero-order valence-electron chi connectivity index (χ0n) is 8.25. The van der Waals surface area contributed by atoms with Gasteiger partial charge in [-0.1, -0.05) is 6.92 Å². The van der Waals surface area contributed by atoms with Crippen molar-refractivity contribution in [2.24, 2.45) is 28.8 Å². The van der Waals surface area contributed by atoms with Gasteiger partial charge >= 0.3 is 0 Å². The van der Waals surface area contributed by atoms with Gasteiger partial charge in [0.25, 0.3) is 0 Å². The average molecular weight is 176 g/mol. The first-order valence-electron chi connectivity index (χ1n) is 5.27. The first-order chi connectivity index (χ1) is 6.27. The maximum absolute atomic E-state index is 4.21. The number of allylic oxidation sites excluding steroid dienone is 2. The van der Waals surface area contributed by atoms with E-state index in [1.807, 2.05) is 0 Å². The molecule has 0 amide bonds. The summed E-state index contributed by atoms with van der Waals surface area (Å²) in [6.07, 6.45) is 4.95. The Morgan fingerprint density at radius 3 is 3.15 bits per heavy atom. The fourth-order valence-corrected chi connectivity index (χ4v) is 3.53. The second-order valence-corrected chi connectivity index (χ2v) is 4.81. The van der Waals surface area contributed by atoms with Crippen molar-refractivity contribution in [3.05, 3.63) is 11.3 Å². The minimum Gasteiger partial charge on any atom is -0.283 e. The molecule has 2 aliphatic carbocycles. The van der Waals surface area contributed by atoms with Crippen LogP contribution in [-0.4, -0.2) is 6.21 Å². The topological polar surface area (TPSA) is 24.4 Å². The molecule has 70 valence electrons. The first-order valence-corrected chi connectivity index (χ1v) is 5.27. The molecule has 4 unspecified atom stereocenters. The number of hydrazone groups is 1. The van der Waals surface area contributed by atoms with Crippen molar-refractivity contribution in [1.29, 1.82) is 0 Å². The van der Waals surface area contributed by atoms with Gasteiger partial charge in [-0.15, -0.1) is 0 Å². The van der Waals surface area contributed by atoms with Crippen LogP contribution in [0.3, 0.4) is 0 Å². The Bertz CT molecular complexity index is 303. The molecule has 0 spiro atoms. The molecule has 4 atom stereocenters. The Balaban J connectivity index is 2.05. The largest absolute Gasteiger partial charge is 0.283 e. The van der Waals surface area contributed by atoms with Gasteiger partial charge < -0.3 is 0 Å². The van der Waals surface area contributed by atoms with Crippen molar-refractivity contribution in [3.63, 3.8) is 0 Å². The Morgan fingerprint density at radius 2 is 2.31 bits per heavy atom. The van der Waals surface area contributed by atoms with Crippen LogP contribution in [0.15, 0.2) is 16.4 Å². The predicted octanol–water partition coefficient (Wildman–Crippen LogP) is 2.14. The van der Waals surface area contributed by atoms with Crippen molar-refractivity contribution in [2.75, 3.05) is 0 Å². The summed E-state index contributed by atoms with van der Waals surface area (Å²) in [5, 5.41) is 4.21. The lowest BCUT2D eigenvalue weighted by atomic mass is 9.78. The summed E-state index contributed by atoms with van der Waals surface area (Å²) in [5.74, 6) is 3.34. The van der Waals surface area contributed by atoms with Crippen molar-refractivity contribution >= 4 is 6.21 Å². The van der Waals surface area contributed by atoms with Crippen LogP contribution in [0.2, 0.25) is 0 Å². The van der Waals surface area contributed by atoms with Crippen molar-refractivity contribution in [2.45, 2.75) is 26.7 Å². The molecular formula is C11H16N2. The zero-order chi connectivity index (χ0) is 9.00. The lowest BCUT2D eigenvalue weighted by molar-refractivity contribution is 0.391. The van der Waals surface area contributed by atoms with E-state index in [9.17, 15) is 0 Å². The molecule has 0 aromatic heterocycles. The van der Waals surface area contributed by atoms with E-state index < -0.39 is 0 Å². The molecular weight excluding hydrogens is 160 g/mol. The molecule has 2 fully saturated rings. The van der Waals surface area contributed by atoms with Crippen LogP contribution < -0.4 is 5.43 Å². The van der Waals surface area contributed by atoms with Gasteiger partial charge in [0.1, 0.15) is 0 Å². The molecule has 0 radical (unpaired) electrons. The van der Waals surface area contributed by atoms with E-state index in [0.717, 1.165) is 17.8 Å². The van der Waals surface area contributed by atoms with Crippen molar-refractivity contribution in [3.8, 4) is 0 Å². The molecule has 1 heterocycles. The minimum atomic E-state index is 0.683. The smallest absolute Gasteiger partial charge is 0.0321 e. The molecule has 1 N–H and O–H groups in total. The molecule has 2 saturated carbocycles. The van der Waals surface area contributed by atoms with Crippen LogP contribution in [-0.2, 0) is 0 Å². The lowest BCUT2D eigenvalue weighted by Gasteiger charge is -2.30. The van der Waals surface area contributed by atoms with Gasteiger partial charge in [0.05, 0.1) is 0 Å². The summed E-state index contributed by atoms with van der Waals surface area (Å²) in [5.41, 5.74) is 6.10. The highest BCUT2D eigenvalue weighted by Crippen LogP contribution is 2.55. The molecule has 2 heteroatoms. The summed E-state index contributed by atoms with van der Waals surface area (Å²) >= 11 is 0. The summed E-state index contributed by atoms with van der Waals surface area (Å²) in [7, 11) is 0. The minimum absolute atomic E-state index is 0.683. The van der Waals surface area contributed by atoms with Crippen LogP contribution in [0, 0.1) is 23.7 Å². The number of hydrogen-bond donors (Lipinski definition) is 1. The van der Waals surface area contributed by atoms with Crippen LogP contribution in [0.5, 0.6) is 0 Å². The van der Waals surface area contributed by atoms with E-state index in [1.54, 1.807) is 5.57 Å². The van der Waals surface area contributed by atoms with Crippen LogP contribution in [0.1, 0.15) is 26.7 Å². The Hall–Kier alpha value is -0.790. The number of hydrogen-bond acceptors (Lipinski definition) is 2. The van der Waals surface area contributed by atoms with Gasteiger partial charge in [-0.05, 0) is 43.1 Å². The molecule has 0 aromatic carbocycles. The van der Waals surface area contributed by atoms with Crippen LogP contribution >= 0.6 is 0 Å². The molecule has 2 bridgehead atoms. The normalized spacial score (nSPS) is 46.6. The maximum atomic E-state index is 4.21. The van der Waals surface area contributed by atoms with E-state index in [2.05, 4.69) is 30.6 Å². The highest BCUT2D eigenvalue weighted by molar-refractivity contribution is 5.69. The molecule has 1 aliphatic heterocycles. The summed E-state index contributed by atoms with van der Waals surface area (Å²) in [6.45, 7) is 4.57. The summed E-state index contributed by atoms with van der Waals surface area (Å²) in [4.78, 5) is 0. The molecule has 0 saturated heterocycles. The quantitative estimate of drug-likeness (QED) is 0.601. The van der Waals surface area contributed by atoms with Gasteiger partial charge in [0, 0.05) is 17.8 Å². The number of nitrogens with zero attached hydrogens (tertiary/aromatic N) is 1. The molecule has 2 nitrogen and oxygen atoms in total. The zero-order valence-corrected chi connectivity index (χ0v) is 8.25. The Labute approximate surface area is 79.1 Å². The number of fused-ring (bicyclic) bond motifs is 5. The molecule has 3 rings (SSSR count). The van der Waals surface area contributed by atoms with E-state index in [-0.39, 0.29) is 0 Å². The molecule has 13 heavy (non-hydrogen) atoms. The van der Waals surface area contributed by atoms with E-state index in [4.69, 9.17) is 0 Å². The standard InChI is InChI=1S/C11H16N2/c1-6-3-8-4-9(6)11-7(2)13-12-5-10(8)11/h5-6,8-10,13H,3-4H2,1-2H3. The third-order valence-electron chi connectivity index (χ3n) is 4.08. The fourth-order valence-electron chi connectivity index (χ4n) is 3.53. The van der Waals surface area contributed by atoms with Crippen LogP contribution in [0.4, 0.5) is 0 Å². The van der Waals surface area contributed by atoms with Crippen molar-refractivity contribution < 1.29 is 0 Å². The monoisotopic (exact) mass is 176 g/mol. The first kappa shape index (κ1) is 7.60. The fraction of sp³-hybridized carbons (Fsp3) is 0.727. The third kappa shape index (κ3) is 0.862. The lowest BCUT2D eigenvalue weighted by Crippen LogP contribution is -2.27. The Morgan fingerprint density at radius 1 is 1.46 bits per heavy atom. The van der Waals surface area contributed by atoms with Gasteiger partial charge in [-0.25, -0.2) is 0 Å². The number of rotatable bonds is 0. The summed E-state index contributed by atoms with van der Waals surface area (Å²) in [6, 6.07) is 0. The SMILES string of the molecule is CC1=C2C(C=NN1)C1CC(C)C2C1. The maximum Gasteiger partial charge on any atom is 0.0321 e. The third-order valence-corrected chi connectivity index (χ3v) is 4.08. The van der Waals surface area contributed by atoms with Gasteiger partial charge in [0.15, 0.2) is 0 Å². The average Bonchev–Trinajstić information content (AvgIpc) is 2.62. The molecule has 0 aromatic rings. The van der Waals surface area contributed by atoms with Crippen LogP contribution in [0.25, 0.3) is 0 Å². The second-order valence-electron chi connectivity index (χ2n) is 4.81. The van der Waals surface area contributed by atoms with Gasteiger partial charge in [0.2, 0.25) is 0 Å². The second kappa shape index (κ2) is 2.37. The van der Waals surface area contributed by atoms with E-state index in [0.29, 0.717) is 5.92 Å². The van der Waals surface area contributed by atoms with E-state index in [1.165, 1.54) is 18.5 Å².